The van der Waals surface area contributed by atoms with E-state index in [4.69, 9.17) is 16.0 Å². The van der Waals surface area contributed by atoms with Crippen LogP contribution >= 0.6 is 11.6 Å². The highest BCUT2D eigenvalue weighted by Crippen LogP contribution is 2.29. The number of para-hydroxylation sites is 1. The highest BCUT2D eigenvalue weighted by atomic mass is 35.5. The zero-order valence-corrected chi connectivity index (χ0v) is 14.8. The highest BCUT2D eigenvalue weighted by molar-refractivity contribution is 7.84. The first-order chi connectivity index (χ1) is 12.2. The first kappa shape index (κ1) is 16.1. The molecule has 1 atom stereocenters. The molecule has 4 rings (SSSR count). The molecule has 1 heterocycles. The zero-order chi connectivity index (χ0) is 17.2. The summed E-state index contributed by atoms with van der Waals surface area (Å²) in [6, 6.07) is 23.0. The van der Waals surface area contributed by atoms with Crippen LogP contribution in [-0.4, -0.2) is 9.19 Å². The van der Waals surface area contributed by atoms with Gasteiger partial charge in [-0.2, -0.15) is 0 Å². The highest BCUT2D eigenvalue weighted by Gasteiger charge is 2.16. The van der Waals surface area contributed by atoms with E-state index in [9.17, 15) is 4.21 Å². The van der Waals surface area contributed by atoms with Crippen molar-refractivity contribution in [3.05, 3.63) is 83.4 Å². The quantitative estimate of drug-likeness (QED) is 0.481. The fourth-order valence-corrected chi connectivity index (χ4v) is 3.79. The van der Waals surface area contributed by atoms with Gasteiger partial charge < -0.3 is 4.42 Å². The topological polar surface area (TPSA) is 43.1 Å². The molecule has 0 N–H and O–H groups in total. The van der Waals surface area contributed by atoms with Crippen molar-refractivity contribution in [3.63, 3.8) is 0 Å². The molecular weight excluding hydrogens is 354 g/mol. The normalized spacial score (nSPS) is 12.4. The molecule has 5 heteroatoms. The Kier molecular flexibility index (Phi) is 4.38. The molecular formula is C20H14ClNO2S. The lowest BCUT2D eigenvalue weighted by molar-refractivity contribution is 0.477. The monoisotopic (exact) mass is 367 g/mol. The Balaban J connectivity index is 1.69. The van der Waals surface area contributed by atoms with Gasteiger partial charge in [0.15, 0.2) is 5.58 Å². The van der Waals surface area contributed by atoms with Crippen LogP contribution < -0.4 is 0 Å². The Morgan fingerprint density at radius 2 is 1.68 bits per heavy atom. The van der Waals surface area contributed by atoms with Crippen LogP contribution in [0.4, 0.5) is 0 Å². The van der Waals surface area contributed by atoms with E-state index in [1.54, 1.807) is 12.1 Å². The van der Waals surface area contributed by atoms with Gasteiger partial charge in [0.1, 0.15) is 16.3 Å². The molecule has 124 valence electrons. The number of halogens is 1. The second kappa shape index (κ2) is 6.82. The van der Waals surface area contributed by atoms with Gasteiger partial charge in [-0.3, -0.25) is 0 Å². The molecule has 0 aliphatic heterocycles. The van der Waals surface area contributed by atoms with E-state index in [1.165, 1.54) is 0 Å². The number of oxazole rings is 1. The second-order valence-corrected chi connectivity index (χ2v) is 7.38. The minimum atomic E-state index is -1.36. The predicted octanol–water partition coefficient (Wildman–Crippen LogP) is 5.46. The third kappa shape index (κ3) is 3.36. The van der Waals surface area contributed by atoms with Crippen molar-refractivity contribution in [2.45, 2.75) is 11.0 Å². The molecule has 0 aliphatic carbocycles. The minimum Gasteiger partial charge on any atom is -0.430 e. The third-order valence-corrected chi connectivity index (χ3v) is 5.30. The Morgan fingerprint density at radius 1 is 0.920 bits per heavy atom. The van der Waals surface area contributed by atoms with Crippen LogP contribution in [0, 0.1) is 0 Å². The summed E-state index contributed by atoms with van der Waals surface area (Å²) in [4.78, 5) is 4.51. The van der Waals surface area contributed by atoms with Crippen LogP contribution in [0.25, 0.3) is 22.2 Å². The Morgan fingerprint density at radius 3 is 2.44 bits per heavy atom. The first-order valence-electron chi connectivity index (χ1n) is 7.78. The molecule has 1 unspecified atom stereocenters. The summed E-state index contributed by atoms with van der Waals surface area (Å²) in [7, 11) is -1.36. The van der Waals surface area contributed by atoms with Crippen LogP contribution in [-0.2, 0) is 16.6 Å². The molecule has 0 bridgehead atoms. The van der Waals surface area contributed by atoms with Gasteiger partial charge in [0.25, 0.3) is 5.22 Å². The smallest absolute Gasteiger partial charge is 0.288 e. The molecule has 0 saturated heterocycles. The molecule has 25 heavy (non-hydrogen) atoms. The molecule has 1 aromatic heterocycles. The van der Waals surface area contributed by atoms with Gasteiger partial charge in [0.2, 0.25) is 0 Å². The summed E-state index contributed by atoms with van der Waals surface area (Å²) >= 11 is 5.89. The summed E-state index contributed by atoms with van der Waals surface area (Å²) < 4.78 is 18.4. The summed E-state index contributed by atoms with van der Waals surface area (Å²) in [6.07, 6.45) is 0. The van der Waals surface area contributed by atoms with Gasteiger partial charge in [-0.15, -0.1) is 0 Å². The number of benzene rings is 3. The molecule has 0 saturated carbocycles. The van der Waals surface area contributed by atoms with Crippen molar-refractivity contribution >= 4 is 33.5 Å². The zero-order valence-electron chi connectivity index (χ0n) is 13.2. The minimum absolute atomic E-state index is 0.244. The molecule has 0 spiro atoms. The van der Waals surface area contributed by atoms with E-state index < -0.39 is 10.8 Å². The number of hydrogen-bond donors (Lipinski definition) is 0. The van der Waals surface area contributed by atoms with Crippen molar-refractivity contribution in [2.75, 3.05) is 0 Å². The lowest BCUT2D eigenvalue weighted by Gasteiger charge is -2.00. The summed E-state index contributed by atoms with van der Waals surface area (Å²) in [6.45, 7) is 0. The summed E-state index contributed by atoms with van der Waals surface area (Å²) in [5, 5.41) is 0.900. The standard InChI is InChI=1S/C20H14ClNO2S/c21-16-11-9-14(10-12-16)13-25(23)20-22-19-17(7-4-8-18(19)24-20)15-5-2-1-3-6-15/h1-12H,13H2. The van der Waals surface area contributed by atoms with Gasteiger partial charge in [-0.05, 0) is 29.3 Å². The molecule has 0 radical (unpaired) electrons. The van der Waals surface area contributed by atoms with Gasteiger partial charge in [-0.25, -0.2) is 9.19 Å². The lowest BCUT2D eigenvalue weighted by Crippen LogP contribution is -1.96. The number of nitrogens with zero attached hydrogens (tertiary/aromatic N) is 1. The molecule has 0 fully saturated rings. The number of aromatic nitrogens is 1. The van der Waals surface area contributed by atoms with Crippen LogP contribution in [0.15, 0.2) is 82.4 Å². The molecule has 0 amide bonds. The first-order valence-corrected chi connectivity index (χ1v) is 9.48. The van der Waals surface area contributed by atoms with E-state index in [0.29, 0.717) is 16.4 Å². The lowest BCUT2D eigenvalue weighted by atomic mass is 10.0. The predicted molar refractivity (Wildman–Crippen MR) is 101 cm³/mol. The van der Waals surface area contributed by atoms with Crippen molar-refractivity contribution in [1.82, 2.24) is 4.98 Å². The van der Waals surface area contributed by atoms with Gasteiger partial charge in [0.05, 0.1) is 5.75 Å². The summed E-state index contributed by atoms with van der Waals surface area (Å²) in [5.74, 6) is 0.338. The fourth-order valence-electron chi connectivity index (χ4n) is 2.67. The Bertz CT molecular complexity index is 1040. The molecule has 0 aliphatic rings. The maximum atomic E-state index is 12.6. The summed E-state index contributed by atoms with van der Waals surface area (Å²) in [5.41, 5.74) is 4.32. The number of fused-ring (bicyclic) bond motifs is 1. The fraction of sp³-hybridized carbons (Fsp3) is 0.0500. The van der Waals surface area contributed by atoms with Gasteiger partial charge in [-0.1, -0.05) is 66.2 Å². The number of rotatable bonds is 4. The Hall–Kier alpha value is -2.43. The van der Waals surface area contributed by atoms with E-state index in [2.05, 4.69) is 4.98 Å². The van der Waals surface area contributed by atoms with Crippen molar-refractivity contribution < 1.29 is 8.63 Å². The van der Waals surface area contributed by atoms with Crippen molar-refractivity contribution in [2.24, 2.45) is 0 Å². The van der Waals surface area contributed by atoms with E-state index in [0.717, 1.165) is 22.2 Å². The van der Waals surface area contributed by atoms with Crippen LogP contribution in [0.3, 0.4) is 0 Å². The van der Waals surface area contributed by atoms with Crippen molar-refractivity contribution in [3.8, 4) is 11.1 Å². The molecule has 3 nitrogen and oxygen atoms in total. The van der Waals surface area contributed by atoms with Crippen LogP contribution in [0.1, 0.15) is 5.56 Å². The van der Waals surface area contributed by atoms with E-state index in [1.807, 2.05) is 60.7 Å². The van der Waals surface area contributed by atoms with Crippen LogP contribution in [0.5, 0.6) is 0 Å². The van der Waals surface area contributed by atoms with E-state index in [-0.39, 0.29) is 5.22 Å². The maximum Gasteiger partial charge on any atom is 0.288 e. The SMILES string of the molecule is O=S(Cc1ccc(Cl)cc1)c1nc2c(-c3ccccc3)cccc2o1. The van der Waals surface area contributed by atoms with Gasteiger partial charge >= 0.3 is 0 Å². The number of hydrogen-bond acceptors (Lipinski definition) is 3. The largest absolute Gasteiger partial charge is 0.430 e. The second-order valence-electron chi connectivity index (χ2n) is 5.61. The van der Waals surface area contributed by atoms with Gasteiger partial charge in [0, 0.05) is 10.6 Å². The Labute approximate surface area is 152 Å². The van der Waals surface area contributed by atoms with Crippen molar-refractivity contribution in [1.29, 1.82) is 0 Å². The third-order valence-electron chi connectivity index (χ3n) is 3.89. The average molecular weight is 368 g/mol. The van der Waals surface area contributed by atoms with Crippen LogP contribution in [0.2, 0.25) is 5.02 Å². The molecule has 3 aromatic carbocycles. The maximum absolute atomic E-state index is 12.6. The van der Waals surface area contributed by atoms with E-state index >= 15 is 0 Å². The average Bonchev–Trinajstić information content (AvgIpc) is 3.09. The molecule has 4 aromatic rings.